The lowest BCUT2D eigenvalue weighted by Crippen LogP contribution is -2.26. The summed E-state index contributed by atoms with van der Waals surface area (Å²) in [5, 5.41) is 7.92. The highest BCUT2D eigenvalue weighted by atomic mass is 19.4. The van der Waals surface area contributed by atoms with Crippen molar-refractivity contribution in [1.82, 2.24) is 29.3 Å². The number of rotatable bonds is 4. The molecule has 7 nitrogen and oxygen atoms in total. The number of halogens is 3. The van der Waals surface area contributed by atoms with Crippen molar-refractivity contribution in [3.05, 3.63) is 47.2 Å². The number of hydrogen-bond acceptors (Lipinski definition) is 4. The normalized spacial score (nSPS) is 14.7. The third-order valence-electron chi connectivity index (χ3n) is 4.48. The summed E-state index contributed by atoms with van der Waals surface area (Å²) in [5.41, 5.74) is 0.250. The molecular weight excluding hydrogens is 361 g/mol. The van der Waals surface area contributed by atoms with Gasteiger partial charge in [-0.2, -0.15) is 23.4 Å². The Balaban J connectivity index is 1.68. The van der Waals surface area contributed by atoms with Crippen LogP contribution in [-0.2, 0) is 19.8 Å². The van der Waals surface area contributed by atoms with Crippen LogP contribution in [0.1, 0.15) is 46.2 Å². The quantitative estimate of drug-likeness (QED) is 0.700. The predicted molar refractivity (Wildman–Crippen MR) is 89.0 cm³/mol. The number of alkyl halides is 3. The van der Waals surface area contributed by atoms with Crippen molar-refractivity contribution in [2.75, 3.05) is 7.05 Å². The predicted octanol–water partition coefficient (Wildman–Crippen LogP) is 2.63. The molecule has 0 aromatic carbocycles. The molecule has 3 aromatic heterocycles. The van der Waals surface area contributed by atoms with E-state index >= 15 is 0 Å². The van der Waals surface area contributed by atoms with Gasteiger partial charge >= 0.3 is 6.18 Å². The van der Waals surface area contributed by atoms with Gasteiger partial charge in [0.15, 0.2) is 11.3 Å². The number of amides is 1. The number of aromatic nitrogens is 5. The zero-order valence-electron chi connectivity index (χ0n) is 14.7. The minimum atomic E-state index is -4.58. The summed E-state index contributed by atoms with van der Waals surface area (Å²) in [6.45, 7) is 0.271. The van der Waals surface area contributed by atoms with Crippen LogP contribution >= 0.6 is 0 Å². The van der Waals surface area contributed by atoms with Crippen molar-refractivity contribution in [1.29, 1.82) is 0 Å². The Morgan fingerprint density at radius 2 is 2.07 bits per heavy atom. The first-order chi connectivity index (χ1) is 12.7. The van der Waals surface area contributed by atoms with Crippen molar-refractivity contribution >= 4 is 11.6 Å². The van der Waals surface area contributed by atoms with E-state index in [-0.39, 0.29) is 23.8 Å². The molecule has 1 saturated carbocycles. The van der Waals surface area contributed by atoms with Crippen LogP contribution in [0.2, 0.25) is 0 Å². The standard InChI is InChI=1S/C17H17F3N6O/c1-24(8-10-7-21-25(2)9-10)16(27)13-6-15-22-12(11-3-4-11)5-14(17(18,19)20)26(15)23-13/h5-7,9,11H,3-4,8H2,1-2H3. The molecular formula is C17H17F3N6O. The minimum absolute atomic E-state index is 0.0323. The SMILES string of the molecule is CN(Cc1cnn(C)c1)C(=O)c1cc2nc(C3CC3)cc(C(F)(F)F)n2n1. The fourth-order valence-corrected chi connectivity index (χ4v) is 2.98. The van der Waals surface area contributed by atoms with E-state index in [4.69, 9.17) is 0 Å². The van der Waals surface area contributed by atoms with Crippen molar-refractivity contribution in [3.63, 3.8) is 0 Å². The second-order valence-corrected chi connectivity index (χ2v) is 6.82. The second-order valence-electron chi connectivity index (χ2n) is 6.82. The first-order valence-electron chi connectivity index (χ1n) is 8.43. The van der Waals surface area contributed by atoms with Gasteiger partial charge < -0.3 is 4.90 Å². The van der Waals surface area contributed by atoms with Gasteiger partial charge in [-0.15, -0.1) is 0 Å². The molecule has 0 spiro atoms. The van der Waals surface area contributed by atoms with Crippen LogP contribution in [0, 0.1) is 0 Å². The highest BCUT2D eigenvalue weighted by molar-refractivity contribution is 5.93. The van der Waals surface area contributed by atoms with Gasteiger partial charge in [0, 0.05) is 50.1 Å². The fraction of sp³-hybridized carbons (Fsp3) is 0.412. The van der Waals surface area contributed by atoms with E-state index in [0.29, 0.717) is 10.2 Å². The van der Waals surface area contributed by atoms with Gasteiger partial charge in [0.2, 0.25) is 0 Å². The molecule has 0 saturated heterocycles. The zero-order valence-corrected chi connectivity index (χ0v) is 14.7. The molecule has 4 rings (SSSR count). The highest BCUT2D eigenvalue weighted by Gasteiger charge is 2.37. The summed E-state index contributed by atoms with van der Waals surface area (Å²) in [6, 6.07) is 2.34. The van der Waals surface area contributed by atoms with E-state index in [1.54, 1.807) is 31.2 Å². The van der Waals surface area contributed by atoms with E-state index in [0.717, 1.165) is 24.5 Å². The Bertz CT molecular complexity index is 1020. The summed E-state index contributed by atoms with van der Waals surface area (Å²) in [6.07, 6.45) is 0.457. The van der Waals surface area contributed by atoms with Gasteiger partial charge in [-0.1, -0.05) is 0 Å². The molecule has 3 heterocycles. The molecule has 3 aromatic rings. The molecule has 10 heteroatoms. The second kappa shape index (κ2) is 6.07. The summed E-state index contributed by atoms with van der Waals surface area (Å²) >= 11 is 0. The fourth-order valence-electron chi connectivity index (χ4n) is 2.98. The maximum atomic E-state index is 13.4. The Labute approximate surface area is 152 Å². The largest absolute Gasteiger partial charge is 0.433 e. The highest BCUT2D eigenvalue weighted by Crippen LogP contribution is 2.41. The van der Waals surface area contributed by atoms with Crippen LogP contribution in [0.3, 0.4) is 0 Å². The Morgan fingerprint density at radius 1 is 1.33 bits per heavy atom. The Kier molecular flexibility index (Phi) is 3.93. The summed E-state index contributed by atoms with van der Waals surface area (Å²) in [7, 11) is 3.32. The molecule has 27 heavy (non-hydrogen) atoms. The molecule has 1 aliphatic rings. The Hall–Kier alpha value is -2.91. The van der Waals surface area contributed by atoms with Crippen molar-refractivity contribution < 1.29 is 18.0 Å². The lowest BCUT2D eigenvalue weighted by Gasteiger charge is -2.14. The maximum absolute atomic E-state index is 13.4. The van der Waals surface area contributed by atoms with Crippen LogP contribution in [0.5, 0.6) is 0 Å². The molecule has 142 valence electrons. The molecule has 0 bridgehead atoms. The molecule has 1 aliphatic carbocycles. The van der Waals surface area contributed by atoms with Gasteiger partial charge in [0.1, 0.15) is 5.69 Å². The molecule has 1 fully saturated rings. The first kappa shape index (κ1) is 17.5. The number of hydrogen-bond donors (Lipinski definition) is 0. The van der Waals surface area contributed by atoms with Gasteiger partial charge in [-0.25, -0.2) is 9.50 Å². The van der Waals surface area contributed by atoms with Crippen molar-refractivity contribution in [3.8, 4) is 0 Å². The van der Waals surface area contributed by atoms with Crippen LogP contribution in [0.15, 0.2) is 24.5 Å². The number of carbonyl (C=O) groups excluding carboxylic acids is 1. The third-order valence-corrected chi connectivity index (χ3v) is 4.48. The van der Waals surface area contributed by atoms with Crippen LogP contribution in [-0.4, -0.2) is 42.2 Å². The smallest absolute Gasteiger partial charge is 0.336 e. The van der Waals surface area contributed by atoms with E-state index in [2.05, 4.69) is 15.2 Å². The van der Waals surface area contributed by atoms with Crippen LogP contribution in [0.4, 0.5) is 13.2 Å². The molecule has 0 aliphatic heterocycles. The zero-order chi connectivity index (χ0) is 19.3. The van der Waals surface area contributed by atoms with Gasteiger partial charge in [0.05, 0.1) is 6.20 Å². The summed E-state index contributed by atoms with van der Waals surface area (Å²) in [5.74, 6) is -0.427. The molecule has 0 N–H and O–H groups in total. The number of carbonyl (C=O) groups is 1. The monoisotopic (exact) mass is 378 g/mol. The average Bonchev–Trinajstić information content (AvgIpc) is 3.23. The summed E-state index contributed by atoms with van der Waals surface area (Å²) in [4.78, 5) is 18.3. The van der Waals surface area contributed by atoms with Crippen LogP contribution in [0.25, 0.3) is 5.65 Å². The number of nitrogens with zero attached hydrogens (tertiary/aromatic N) is 6. The summed E-state index contributed by atoms with van der Waals surface area (Å²) < 4.78 is 42.7. The van der Waals surface area contributed by atoms with Crippen molar-refractivity contribution in [2.45, 2.75) is 31.5 Å². The van der Waals surface area contributed by atoms with E-state index in [1.165, 1.54) is 11.0 Å². The van der Waals surface area contributed by atoms with Crippen molar-refractivity contribution in [2.24, 2.45) is 7.05 Å². The average molecular weight is 378 g/mol. The maximum Gasteiger partial charge on any atom is 0.433 e. The molecule has 0 unspecified atom stereocenters. The van der Waals surface area contributed by atoms with E-state index in [9.17, 15) is 18.0 Å². The van der Waals surface area contributed by atoms with E-state index < -0.39 is 17.8 Å². The van der Waals surface area contributed by atoms with Gasteiger partial charge in [-0.05, 0) is 18.9 Å². The first-order valence-corrected chi connectivity index (χ1v) is 8.43. The molecule has 1 amide bonds. The van der Waals surface area contributed by atoms with Gasteiger partial charge in [-0.3, -0.25) is 9.48 Å². The number of aryl methyl sites for hydroxylation is 1. The lowest BCUT2D eigenvalue weighted by atomic mass is 10.2. The number of fused-ring (bicyclic) bond motifs is 1. The Morgan fingerprint density at radius 3 is 2.67 bits per heavy atom. The van der Waals surface area contributed by atoms with Gasteiger partial charge in [0.25, 0.3) is 5.91 Å². The third kappa shape index (κ3) is 3.38. The lowest BCUT2D eigenvalue weighted by molar-refractivity contribution is -0.142. The topological polar surface area (TPSA) is 68.3 Å². The molecule has 0 atom stereocenters. The molecule has 0 radical (unpaired) electrons. The van der Waals surface area contributed by atoms with E-state index in [1.807, 2.05) is 0 Å². The minimum Gasteiger partial charge on any atom is -0.336 e. The van der Waals surface area contributed by atoms with Crippen LogP contribution < -0.4 is 0 Å².